The lowest BCUT2D eigenvalue weighted by Gasteiger charge is -2.13. The minimum Gasteiger partial charge on any atom is -0.377 e. The van der Waals surface area contributed by atoms with Gasteiger partial charge in [-0.1, -0.05) is 5.16 Å². The molecule has 0 spiro atoms. The first kappa shape index (κ1) is 12.1. The van der Waals surface area contributed by atoms with Gasteiger partial charge in [0.05, 0.1) is 0 Å². The van der Waals surface area contributed by atoms with Crippen LogP contribution in [0.15, 0.2) is 10.6 Å². The Morgan fingerprint density at radius 1 is 1.76 bits per heavy atom. The highest BCUT2D eigenvalue weighted by molar-refractivity contribution is 5.92. The summed E-state index contributed by atoms with van der Waals surface area (Å²) in [5, 5.41) is 3.75. The Balaban J connectivity index is 1.99. The summed E-state index contributed by atoms with van der Waals surface area (Å²) >= 11 is 0. The van der Waals surface area contributed by atoms with E-state index in [1.807, 2.05) is 0 Å². The molecule has 0 aromatic carbocycles. The van der Waals surface area contributed by atoms with Crippen molar-refractivity contribution in [2.75, 3.05) is 26.7 Å². The number of amides is 1. The summed E-state index contributed by atoms with van der Waals surface area (Å²) in [7, 11) is 1.57. The van der Waals surface area contributed by atoms with Crippen LogP contribution in [0.25, 0.3) is 0 Å². The van der Waals surface area contributed by atoms with E-state index in [0.717, 1.165) is 13.0 Å². The summed E-state index contributed by atoms with van der Waals surface area (Å²) in [5.74, 6) is 0.877. The van der Waals surface area contributed by atoms with Gasteiger partial charge in [0.15, 0.2) is 11.5 Å². The fraction of sp³-hybridized carbons (Fsp3) is 0.636. The fourth-order valence-corrected chi connectivity index (χ4v) is 2.00. The number of carbonyl (C=O) groups is 1. The molecule has 0 bridgehead atoms. The van der Waals surface area contributed by atoms with Gasteiger partial charge < -0.3 is 19.9 Å². The second-order valence-corrected chi connectivity index (χ2v) is 4.25. The number of rotatable bonds is 4. The van der Waals surface area contributed by atoms with Gasteiger partial charge in [0.2, 0.25) is 0 Å². The molecular weight excluding hydrogens is 222 g/mol. The quantitative estimate of drug-likeness (QED) is 0.814. The first-order valence-electron chi connectivity index (χ1n) is 5.68. The van der Waals surface area contributed by atoms with Gasteiger partial charge in [-0.05, 0) is 18.9 Å². The molecule has 17 heavy (non-hydrogen) atoms. The SMILES string of the molecule is COCc1cc(C(=O)N2CCC(CN)C2)no1. The molecule has 2 rings (SSSR count). The smallest absolute Gasteiger partial charge is 0.276 e. The summed E-state index contributed by atoms with van der Waals surface area (Å²) < 4.78 is 9.90. The molecule has 1 saturated heterocycles. The summed E-state index contributed by atoms with van der Waals surface area (Å²) in [6.45, 7) is 2.40. The van der Waals surface area contributed by atoms with Crippen molar-refractivity contribution in [2.45, 2.75) is 13.0 Å². The van der Waals surface area contributed by atoms with Crippen LogP contribution in [0.2, 0.25) is 0 Å². The molecule has 1 aliphatic heterocycles. The first-order chi connectivity index (χ1) is 8.24. The van der Waals surface area contributed by atoms with E-state index in [0.29, 0.717) is 37.1 Å². The fourth-order valence-electron chi connectivity index (χ4n) is 2.00. The van der Waals surface area contributed by atoms with Gasteiger partial charge in [-0.25, -0.2) is 0 Å². The highest BCUT2D eigenvalue weighted by atomic mass is 16.5. The molecule has 6 nitrogen and oxygen atoms in total. The number of nitrogens with two attached hydrogens (primary N) is 1. The molecule has 1 amide bonds. The Morgan fingerprint density at radius 3 is 3.24 bits per heavy atom. The van der Waals surface area contributed by atoms with E-state index in [2.05, 4.69) is 5.16 Å². The van der Waals surface area contributed by atoms with Crippen LogP contribution in [0, 0.1) is 5.92 Å². The Labute approximate surface area is 99.7 Å². The molecule has 0 aliphatic carbocycles. The van der Waals surface area contributed by atoms with Gasteiger partial charge >= 0.3 is 0 Å². The number of hydrogen-bond donors (Lipinski definition) is 1. The van der Waals surface area contributed by atoms with Crippen molar-refractivity contribution >= 4 is 5.91 Å². The molecule has 0 radical (unpaired) electrons. The van der Waals surface area contributed by atoms with E-state index in [9.17, 15) is 4.79 Å². The third kappa shape index (κ3) is 2.65. The zero-order valence-corrected chi connectivity index (χ0v) is 9.89. The molecule has 1 aromatic rings. The lowest BCUT2D eigenvalue weighted by molar-refractivity contribution is 0.0776. The van der Waals surface area contributed by atoms with Crippen molar-refractivity contribution in [1.29, 1.82) is 0 Å². The van der Waals surface area contributed by atoms with Crippen molar-refractivity contribution < 1.29 is 14.1 Å². The maximum absolute atomic E-state index is 12.0. The van der Waals surface area contributed by atoms with Gasteiger partial charge in [0, 0.05) is 26.3 Å². The van der Waals surface area contributed by atoms with E-state index >= 15 is 0 Å². The van der Waals surface area contributed by atoms with Crippen LogP contribution in [0.4, 0.5) is 0 Å². The maximum Gasteiger partial charge on any atom is 0.276 e. The summed E-state index contributed by atoms with van der Waals surface area (Å²) in [4.78, 5) is 13.8. The van der Waals surface area contributed by atoms with Crippen molar-refractivity contribution in [2.24, 2.45) is 11.7 Å². The van der Waals surface area contributed by atoms with Crippen LogP contribution in [0.1, 0.15) is 22.7 Å². The minimum absolute atomic E-state index is 0.0907. The molecule has 1 unspecified atom stereocenters. The lowest BCUT2D eigenvalue weighted by atomic mass is 10.1. The number of methoxy groups -OCH3 is 1. The zero-order chi connectivity index (χ0) is 12.3. The zero-order valence-electron chi connectivity index (χ0n) is 9.89. The number of aromatic nitrogens is 1. The molecule has 1 atom stereocenters. The van der Waals surface area contributed by atoms with Crippen LogP contribution in [0.5, 0.6) is 0 Å². The Morgan fingerprint density at radius 2 is 2.59 bits per heavy atom. The van der Waals surface area contributed by atoms with Gasteiger partial charge in [-0.3, -0.25) is 4.79 Å². The van der Waals surface area contributed by atoms with Crippen molar-refractivity contribution in [1.82, 2.24) is 10.1 Å². The van der Waals surface area contributed by atoms with E-state index < -0.39 is 0 Å². The standard InChI is InChI=1S/C11H17N3O3/c1-16-7-9-4-10(13-17-9)11(15)14-3-2-8(5-12)6-14/h4,8H,2-3,5-7,12H2,1H3. The van der Waals surface area contributed by atoms with Gasteiger partial charge in [0.25, 0.3) is 5.91 Å². The van der Waals surface area contributed by atoms with E-state index in [-0.39, 0.29) is 5.91 Å². The molecule has 1 aliphatic rings. The maximum atomic E-state index is 12.0. The summed E-state index contributed by atoms with van der Waals surface area (Å²) in [6.07, 6.45) is 0.963. The average molecular weight is 239 g/mol. The second kappa shape index (κ2) is 5.29. The topological polar surface area (TPSA) is 81.6 Å². The highest BCUT2D eigenvalue weighted by Crippen LogP contribution is 2.17. The van der Waals surface area contributed by atoms with Crippen molar-refractivity contribution in [3.8, 4) is 0 Å². The Kier molecular flexibility index (Phi) is 3.75. The molecule has 1 fully saturated rings. The molecule has 94 valence electrons. The van der Waals surface area contributed by atoms with Crippen LogP contribution < -0.4 is 5.73 Å². The largest absolute Gasteiger partial charge is 0.377 e. The lowest BCUT2D eigenvalue weighted by Crippen LogP contribution is -2.30. The number of hydrogen-bond acceptors (Lipinski definition) is 5. The highest BCUT2D eigenvalue weighted by Gasteiger charge is 2.27. The molecule has 2 heterocycles. The predicted octanol–water partition coefficient (Wildman–Crippen LogP) is 0.242. The average Bonchev–Trinajstić information content (AvgIpc) is 2.97. The molecule has 6 heteroatoms. The minimum atomic E-state index is -0.0907. The molecule has 0 saturated carbocycles. The molecule has 2 N–H and O–H groups in total. The number of ether oxygens (including phenoxy) is 1. The third-order valence-corrected chi connectivity index (χ3v) is 2.97. The van der Waals surface area contributed by atoms with E-state index in [1.165, 1.54) is 0 Å². The summed E-state index contributed by atoms with van der Waals surface area (Å²) in [6, 6.07) is 1.63. The van der Waals surface area contributed by atoms with Gasteiger partial charge in [-0.15, -0.1) is 0 Å². The monoisotopic (exact) mass is 239 g/mol. The van der Waals surface area contributed by atoms with Crippen LogP contribution in [-0.4, -0.2) is 42.7 Å². The predicted molar refractivity (Wildman–Crippen MR) is 60.3 cm³/mol. The Bertz CT molecular complexity index is 391. The van der Waals surface area contributed by atoms with Crippen molar-refractivity contribution in [3.05, 3.63) is 17.5 Å². The molecular formula is C11H17N3O3. The number of nitrogens with zero attached hydrogens (tertiary/aromatic N) is 2. The van der Waals surface area contributed by atoms with E-state index in [4.69, 9.17) is 15.0 Å². The third-order valence-electron chi connectivity index (χ3n) is 2.97. The number of carbonyl (C=O) groups excluding carboxylic acids is 1. The van der Waals surface area contributed by atoms with Crippen LogP contribution in [-0.2, 0) is 11.3 Å². The van der Waals surface area contributed by atoms with E-state index in [1.54, 1.807) is 18.1 Å². The second-order valence-electron chi connectivity index (χ2n) is 4.25. The Hall–Kier alpha value is -1.40. The van der Waals surface area contributed by atoms with Crippen LogP contribution >= 0.6 is 0 Å². The van der Waals surface area contributed by atoms with Crippen molar-refractivity contribution in [3.63, 3.8) is 0 Å². The normalized spacial score (nSPS) is 19.9. The molecule has 1 aromatic heterocycles. The number of likely N-dealkylation sites (tertiary alicyclic amines) is 1. The van der Waals surface area contributed by atoms with Crippen LogP contribution in [0.3, 0.4) is 0 Å². The van der Waals surface area contributed by atoms with Gasteiger partial charge in [-0.2, -0.15) is 0 Å². The van der Waals surface area contributed by atoms with Gasteiger partial charge in [0.1, 0.15) is 6.61 Å². The summed E-state index contributed by atoms with van der Waals surface area (Å²) in [5.41, 5.74) is 5.93. The first-order valence-corrected chi connectivity index (χ1v) is 5.68.